The van der Waals surface area contributed by atoms with E-state index in [1.165, 1.54) is 36.8 Å². The molecule has 0 fully saturated rings. The minimum atomic E-state index is -0.387. The van der Waals surface area contributed by atoms with Gasteiger partial charge in [-0.3, -0.25) is 14.6 Å². The minimum absolute atomic E-state index is 0.0378. The van der Waals surface area contributed by atoms with Gasteiger partial charge in [0.15, 0.2) is 12.4 Å². The molecule has 0 radical (unpaired) electrons. The van der Waals surface area contributed by atoms with Crippen LogP contribution in [0.1, 0.15) is 23.0 Å². The van der Waals surface area contributed by atoms with Crippen molar-refractivity contribution in [2.75, 3.05) is 6.54 Å². The van der Waals surface area contributed by atoms with Crippen molar-refractivity contribution in [3.63, 3.8) is 0 Å². The molecular weight excluding hydrogens is 312 g/mol. The lowest BCUT2D eigenvalue weighted by Gasteiger charge is -2.14. The van der Waals surface area contributed by atoms with E-state index in [-0.39, 0.29) is 42.1 Å². The van der Waals surface area contributed by atoms with Gasteiger partial charge in [-0.25, -0.2) is 0 Å². The van der Waals surface area contributed by atoms with Crippen LogP contribution in [0.2, 0.25) is 0 Å². The van der Waals surface area contributed by atoms with Crippen LogP contribution < -0.4 is 15.4 Å². The fourth-order valence-corrected chi connectivity index (χ4v) is 1.96. The Morgan fingerprint density at radius 3 is 2.83 bits per heavy atom. The molecule has 0 saturated carbocycles. The molecule has 24 heavy (non-hydrogen) atoms. The molecule has 3 N–H and O–H groups in total. The lowest BCUT2D eigenvalue weighted by molar-refractivity contribution is -0.605. The van der Waals surface area contributed by atoms with Crippen molar-refractivity contribution in [3.8, 4) is 5.75 Å². The number of rotatable bonds is 6. The van der Waals surface area contributed by atoms with E-state index in [4.69, 9.17) is 5.11 Å². The zero-order valence-corrected chi connectivity index (χ0v) is 13.1. The average molecular weight is 330 g/mol. The summed E-state index contributed by atoms with van der Waals surface area (Å²) in [5, 5.41) is 25.7. The van der Waals surface area contributed by atoms with E-state index < -0.39 is 0 Å². The van der Waals surface area contributed by atoms with Gasteiger partial charge in [0.25, 0.3) is 5.91 Å². The zero-order chi connectivity index (χ0) is 17.5. The third kappa shape index (κ3) is 5.24. The van der Waals surface area contributed by atoms with Crippen LogP contribution in [0.4, 0.5) is 0 Å². The zero-order valence-electron chi connectivity index (χ0n) is 13.1. The number of amides is 2. The van der Waals surface area contributed by atoms with Crippen molar-refractivity contribution in [3.05, 3.63) is 59.3 Å². The number of aromatic hydroxyl groups is 1. The molecular formula is C16H18N4O4. The van der Waals surface area contributed by atoms with Crippen molar-refractivity contribution in [2.45, 2.75) is 19.4 Å². The summed E-state index contributed by atoms with van der Waals surface area (Å²) >= 11 is 0. The predicted octanol–water partition coefficient (Wildman–Crippen LogP) is -0.102. The van der Waals surface area contributed by atoms with Gasteiger partial charge in [-0.1, -0.05) is 0 Å². The highest BCUT2D eigenvalue weighted by Crippen LogP contribution is 2.06. The molecule has 0 aliphatic heterocycles. The summed E-state index contributed by atoms with van der Waals surface area (Å²) in [5.41, 5.74) is 0.783. The normalized spacial score (nSPS) is 11.5. The lowest BCUT2D eigenvalue weighted by atomic mass is 10.2. The lowest BCUT2D eigenvalue weighted by Crippen LogP contribution is -2.42. The van der Waals surface area contributed by atoms with Gasteiger partial charge in [0.1, 0.15) is 11.3 Å². The third-order valence-electron chi connectivity index (χ3n) is 3.17. The van der Waals surface area contributed by atoms with Crippen LogP contribution in [0.25, 0.3) is 0 Å². The van der Waals surface area contributed by atoms with Gasteiger partial charge in [0.2, 0.25) is 5.91 Å². The smallest absolute Gasteiger partial charge is 0.257 e. The molecule has 0 unspecified atom stereocenters. The first kappa shape index (κ1) is 17.2. The van der Waals surface area contributed by atoms with Crippen LogP contribution in [0.3, 0.4) is 0 Å². The monoisotopic (exact) mass is 330 g/mol. The standard InChI is InChI=1S/C16H18N4O4/c1-11(19-16(23)12-3-2-6-20(24)10-12)8-18-15(22)7-13-4-5-14(21)9-17-13/h2-6,9-11,21H,7-8H2,1H3,(H,18,22)(H,19,23)/t11-/m1/s1. The van der Waals surface area contributed by atoms with Gasteiger partial charge in [-0.2, -0.15) is 4.73 Å². The Kier molecular flexibility index (Phi) is 5.67. The molecule has 2 rings (SSSR count). The fraction of sp³-hybridized carbons (Fsp3) is 0.250. The topological polar surface area (TPSA) is 118 Å². The number of nitrogens with one attached hydrogen (secondary N) is 2. The first-order chi connectivity index (χ1) is 11.4. The Labute approximate surface area is 138 Å². The summed E-state index contributed by atoms with van der Waals surface area (Å²) in [7, 11) is 0. The molecule has 2 heterocycles. The van der Waals surface area contributed by atoms with E-state index in [9.17, 15) is 14.8 Å². The van der Waals surface area contributed by atoms with Crippen LogP contribution in [0.15, 0.2) is 42.9 Å². The molecule has 0 aliphatic rings. The van der Waals surface area contributed by atoms with Crippen LogP contribution in [-0.2, 0) is 11.2 Å². The molecule has 0 aliphatic carbocycles. The second-order valence-electron chi connectivity index (χ2n) is 5.32. The summed E-state index contributed by atoms with van der Waals surface area (Å²) in [5.74, 6) is -0.593. The van der Waals surface area contributed by atoms with Gasteiger partial charge in [-0.15, -0.1) is 0 Å². The number of carbonyl (C=O) groups excluding carboxylic acids is 2. The van der Waals surface area contributed by atoms with E-state index in [1.807, 2.05) is 0 Å². The van der Waals surface area contributed by atoms with Gasteiger partial charge >= 0.3 is 0 Å². The molecule has 2 aromatic heterocycles. The second-order valence-corrected chi connectivity index (χ2v) is 5.32. The van der Waals surface area contributed by atoms with E-state index in [0.29, 0.717) is 10.4 Å². The Balaban J connectivity index is 1.78. The molecule has 0 aromatic carbocycles. The van der Waals surface area contributed by atoms with E-state index in [2.05, 4.69) is 15.6 Å². The maximum Gasteiger partial charge on any atom is 0.257 e. The number of pyridine rings is 2. The third-order valence-corrected chi connectivity index (χ3v) is 3.17. The maximum absolute atomic E-state index is 12.0. The fourth-order valence-electron chi connectivity index (χ4n) is 1.96. The SMILES string of the molecule is C[C@H](CNC(=O)Cc1ccc(O)cn1)NC(=O)c1ccc[n+]([O-])c1. The molecule has 2 amide bonds. The Bertz CT molecular complexity index is 718. The van der Waals surface area contributed by atoms with Crippen molar-refractivity contribution in [1.29, 1.82) is 0 Å². The Hall–Kier alpha value is -3.16. The van der Waals surface area contributed by atoms with E-state index >= 15 is 0 Å². The molecule has 1 atom stereocenters. The highest BCUT2D eigenvalue weighted by atomic mass is 16.5. The quantitative estimate of drug-likeness (QED) is 0.505. The van der Waals surface area contributed by atoms with Crippen LogP contribution in [0.5, 0.6) is 5.75 Å². The number of aromatic nitrogens is 2. The summed E-state index contributed by atoms with van der Waals surface area (Å²) in [4.78, 5) is 27.7. The average Bonchev–Trinajstić information content (AvgIpc) is 2.55. The van der Waals surface area contributed by atoms with E-state index in [0.717, 1.165) is 0 Å². The van der Waals surface area contributed by atoms with E-state index in [1.54, 1.807) is 13.0 Å². The minimum Gasteiger partial charge on any atom is -0.619 e. The van der Waals surface area contributed by atoms with Gasteiger partial charge in [-0.05, 0) is 25.1 Å². The summed E-state index contributed by atoms with van der Waals surface area (Å²) < 4.78 is 0.548. The van der Waals surface area contributed by atoms with Gasteiger partial charge < -0.3 is 20.9 Å². The largest absolute Gasteiger partial charge is 0.619 e. The second kappa shape index (κ2) is 7.91. The highest BCUT2D eigenvalue weighted by molar-refractivity contribution is 5.93. The molecule has 8 heteroatoms. The highest BCUT2D eigenvalue weighted by Gasteiger charge is 2.13. The van der Waals surface area contributed by atoms with Gasteiger partial charge in [0.05, 0.1) is 12.6 Å². The summed E-state index contributed by atoms with van der Waals surface area (Å²) in [6.07, 6.45) is 3.82. The molecule has 2 aromatic rings. The molecule has 0 bridgehead atoms. The molecule has 0 saturated heterocycles. The van der Waals surface area contributed by atoms with Crippen LogP contribution in [0, 0.1) is 5.21 Å². The van der Waals surface area contributed by atoms with Gasteiger partial charge in [0, 0.05) is 24.3 Å². The van der Waals surface area contributed by atoms with Crippen molar-refractivity contribution in [1.82, 2.24) is 15.6 Å². The Morgan fingerprint density at radius 1 is 1.38 bits per heavy atom. The predicted molar refractivity (Wildman–Crippen MR) is 84.9 cm³/mol. The number of hydrogen-bond donors (Lipinski definition) is 3. The number of hydrogen-bond acceptors (Lipinski definition) is 5. The maximum atomic E-state index is 12.0. The number of nitrogens with zero attached hydrogens (tertiary/aromatic N) is 2. The van der Waals surface area contributed by atoms with Crippen molar-refractivity contribution >= 4 is 11.8 Å². The summed E-state index contributed by atoms with van der Waals surface area (Å²) in [6, 6.07) is 5.73. The molecule has 0 spiro atoms. The first-order valence-electron chi connectivity index (χ1n) is 7.34. The van der Waals surface area contributed by atoms with Crippen molar-refractivity contribution in [2.24, 2.45) is 0 Å². The number of carbonyl (C=O) groups is 2. The molecule has 126 valence electrons. The van der Waals surface area contributed by atoms with Crippen LogP contribution >= 0.6 is 0 Å². The van der Waals surface area contributed by atoms with Crippen LogP contribution in [-0.4, -0.2) is 34.5 Å². The van der Waals surface area contributed by atoms with Crippen molar-refractivity contribution < 1.29 is 19.4 Å². The summed E-state index contributed by atoms with van der Waals surface area (Å²) in [6.45, 7) is 1.98. The Morgan fingerprint density at radius 2 is 2.17 bits per heavy atom. The molecule has 8 nitrogen and oxygen atoms in total. The first-order valence-corrected chi connectivity index (χ1v) is 7.34.